The third-order valence-corrected chi connectivity index (χ3v) is 6.17. The van der Waals surface area contributed by atoms with Crippen molar-refractivity contribution in [2.24, 2.45) is 0 Å². The molecule has 1 aliphatic heterocycles. The van der Waals surface area contributed by atoms with Crippen LogP contribution < -0.4 is 4.90 Å². The molecule has 2 N–H and O–H groups in total. The lowest BCUT2D eigenvalue weighted by Crippen LogP contribution is -2.34. The number of aromatic carboxylic acids is 1. The molecule has 3 rings (SSSR count). The van der Waals surface area contributed by atoms with E-state index in [-0.39, 0.29) is 22.2 Å². The predicted octanol–water partition coefficient (Wildman–Crippen LogP) is 4.36. The molecular weight excluding hydrogens is 362 g/mol. The molecule has 1 aliphatic rings. The highest BCUT2D eigenvalue weighted by Crippen LogP contribution is 2.35. The van der Waals surface area contributed by atoms with E-state index in [9.17, 15) is 14.7 Å². The minimum atomic E-state index is -0.991. The fourth-order valence-corrected chi connectivity index (χ4v) is 4.31. The summed E-state index contributed by atoms with van der Waals surface area (Å²) < 4.78 is 0. The summed E-state index contributed by atoms with van der Waals surface area (Å²) in [6, 6.07) is 11.1. The van der Waals surface area contributed by atoms with Gasteiger partial charge in [0.15, 0.2) is 0 Å². The molecule has 6 heteroatoms. The van der Waals surface area contributed by atoms with Gasteiger partial charge in [0, 0.05) is 23.0 Å². The molecule has 2 atom stereocenters. The Morgan fingerprint density at radius 3 is 2.44 bits per heavy atom. The normalized spacial score (nSPS) is 18.7. The molecule has 0 bridgehead atoms. The lowest BCUT2D eigenvalue weighted by molar-refractivity contribution is -0.117. The molecule has 1 aromatic carbocycles. The molecule has 2 aromatic rings. The van der Waals surface area contributed by atoms with Gasteiger partial charge < -0.3 is 15.1 Å². The average molecular weight is 388 g/mol. The number of hydrogen-bond acceptors (Lipinski definition) is 4. The fraction of sp³-hybridized carbons (Fsp3) is 0.429. The van der Waals surface area contributed by atoms with Crippen molar-refractivity contribution >= 4 is 28.9 Å². The zero-order valence-corrected chi connectivity index (χ0v) is 16.6. The number of carboxylic acids is 1. The van der Waals surface area contributed by atoms with Crippen LogP contribution in [-0.4, -0.2) is 28.1 Å². The van der Waals surface area contributed by atoms with Crippen LogP contribution in [0.4, 0.5) is 5.69 Å². The molecule has 1 amide bonds. The minimum absolute atomic E-state index is 0.0458. The van der Waals surface area contributed by atoms with Gasteiger partial charge in [0.25, 0.3) is 0 Å². The van der Waals surface area contributed by atoms with Crippen LogP contribution in [0.25, 0.3) is 0 Å². The van der Waals surface area contributed by atoms with Crippen molar-refractivity contribution in [2.75, 3.05) is 4.90 Å². The van der Waals surface area contributed by atoms with Gasteiger partial charge in [-0.3, -0.25) is 4.79 Å². The Bertz CT molecular complexity index is 835. The second-order valence-corrected chi connectivity index (χ2v) is 9.13. The first-order valence-electron chi connectivity index (χ1n) is 9.10. The topological polar surface area (TPSA) is 77.8 Å². The molecule has 0 aliphatic carbocycles. The van der Waals surface area contributed by atoms with E-state index in [2.05, 4.69) is 20.8 Å². The molecule has 1 aromatic heterocycles. The van der Waals surface area contributed by atoms with Crippen LogP contribution in [0, 0.1) is 0 Å². The van der Waals surface area contributed by atoms with Crippen molar-refractivity contribution in [2.45, 2.75) is 57.6 Å². The van der Waals surface area contributed by atoms with E-state index in [1.807, 2.05) is 24.3 Å². The number of nitrogens with zero attached hydrogens (tertiary/aromatic N) is 1. The summed E-state index contributed by atoms with van der Waals surface area (Å²) in [4.78, 5) is 26.1. The molecule has 144 valence electrons. The summed E-state index contributed by atoms with van der Waals surface area (Å²) in [7, 11) is 0. The standard InChI is InChI=1S/C21H25NO4S/c1-21(2,3)13-4-6-14(7-5-13)22-15(8-11-19(22)24)12-16(23)17-9-10-18(27-17)20(25)26/h4-7,9-10,15-16,23H,8,11-12H2,1-3H3,(H,25,26)/t15-,16?/m0/s1. The van der Waals surface area contributed by atoms with Crippen LogP contribution >= 0.6 is 11.3 Å². The number of hydrogen-bond donors (Lipinski definition) is 2. The molecule has 2 heterocycles. The molecular formula is C21H25NO4S. The first kappa shape index (κ1) is 19.6. The van der Waals surface area contributed by atoms with E-state index in [1.54, 1.807) is 11.0 Å². The quantitative estimate of drug-likeness (QED) is 0.799. The zero-order valence-electron chi connectivity index (χ0n) is 15.8. The maximum absolute atomic E-state index is 12.4. The van der Waals surface area contributed by atoms with Gasteiger partial charge in [0.2, 0.25) is 5.91 Å². The number of anilines is 1. The summed E-state index contributed by atoms with van der Waals surface area (Å²) in [5, 5.41) is 19.6. The van der Waals surface area contributed by atoms with Gasteiger partial charge in [0.1, 0.15) is 4.88 Å². The highest BCUT2D eigenvalue weighted by atomic mass is 32.1. The first-order valence-corrected chi connectivity index (χ1v) is 9.92. The van der Waals surface area contributed by atoms with E-state index >= 15 is 0 Å². The minimum Gasteiger partial charge on any atom is -0.477 e. The highest BCUT2D eigenvalue weighted by molar-refractivity contribution is 7.14. The van der Waals surface area contributed by atoms with E-state index in [1.165, 1.54) is 11.6 Å². The van der Waals surface area contributed by atoms with Crippen molar-refractivity contribution in [3.63, 3.8) is 0 Å². The van der Waals surface area contributed by atoms with Gasteiger partial charge >= 0.3 is 5.97 Å². The number of benzene rings is 1. The molecule has 1 saturated heterocycles. The van der Waals surface area contributed by atoms with Crippen molar-refractivity contribution < 1.29 is 19.8 Å². The number of carboxylic acid groups (broad SMARTS) is 1. The van der Waals surface area contributed by atoms with Crippen LogP contribution in [-0.2, 0) is 10.2 Å². The smallest absolute Gasteiger partial charge is 0.345 e. The SMILES string of the molecule is CC(C)(C)c1ccc(N2C(=O)CC[C@H]2CC(O)c2ccc(C(=O)O)s2)cc1. The Labute approximate surface area is 163 Å². The number of carbonyl (C=O) groups is 2. The third kappa shape index (κ3) is 4.22. The molecule has 0 radical (unpaired) electrons. The molecule has 5 nitrogen and oxygen atoms in total. The van der Waals surface area contributed by atoms with Crippen molar-refractivity contribution in [1.29, 1.82) is 0 Å². The monoisotopic (exact) mass is 387 g/mol. The van der Waals surface area contributed by atoms with Gasteiger partial charge in [-0.25, -0.2) is 4.79 Å². The summed E-state index contributed by atoms with van der Waals surface area (Å²) in [5.41, 5.74) is 2.10. The highest BCUT2D eigenvalue weighted by Gasteiger charge is 2.34. The molecule has 1 unspecified atom stereocenters. The van der Waals surface area contributed by atoms with Gasteiger partial charge in [-0.15, -0.1) is 11.3 Å². The zero-order chi connectivity index (χ0) is 19.8. The van der Waals surface area contributed by atoms with E-state index in [4.69, 9.17) is 5.11 Å². The summed E-state index contributed by atoms with van der Waals surface area (Å²) in [6.45, 7) is 6.44. The lowest BCUT2D eigenvalue weighted by atomic mass is 9.87. The number of thiophene rings is 1. The van der Waals surface area contributed by atoms with Crippen LogP contribution in [0.3, 0.4) is 0 Å². The van der Waals surface area contributed by atoms with Gasteiger partial charge in [-0.05, 0) is 48.1 Å². The Hall–Kier alpha value is -2.18. The van der Waals surface area contributed by atoms with Crippen LogP contribution in [0.2, 0.25) is 0 Å². The average Bonchev–Trinajstić information content (AvgIpc) is 3.22. The first-order chi connectivity index (χ1) is 12.7. The Morgan fingerprint density at radius 1 is 1.22 bits per heavy atom. The number of carbonyl (C=O) groups excluding carboxylic acids is 1. The number of aliphatic hydroxyl groups excluding tert-OH is 1. The van der Waals surface area contributed by atoms with Crippen LogP contribution in [0.5, 0.6) is 0 Å². The molecule has 27 heavy (non-hydrogen) atoms. The fourth-order valence-electron chi connectivity index (χ4n) is 3.46. The maximum atomic E-state index is 12.4. The predicted molar refractivity (Wildman–Crippen MR) is 107 cm³/mol. The van der Waals surface area contributed by atoms with Gasteiger partial charge in [-0.1, -0.05) is 32.9 Å². The summed E-state index contributed by atoms with van der Waals surface area (Å²) in [5.74, 6) is -0.928. The van der Waals surface area contributed by atoms with Gasteiger partial charge in [-0.2, -0.15) is 0 Å². The molecule has 0 saturated carbocycles. The van der Waals surface area contributed by atoms with Crippen molar-refractivity contribution in [1.82, 2.24) is 0 Å². The maximum Gasteiger partial charge on any atom is 0.345 e. The number of aliphatic hydroxyl groups is 1. The Balaban J connectivity index is 1.76. The third-order valence-electron chi connectivity index (χ3n) is 5.00. The van der Waals surface area contributed by atoms with E-state index in [0.717, 1.165) is 17.0 Å². The van der Waals surface area contributed by atoms with Crippen LogP contribution in [0.15, 0.2) is 36.4 Å². The molecule has 0 spiro atoms. The Morgan fingerprint density at radius 2 is 1.89 bits per heavy atom. The van der Waals surface area contributed by atoms with E-state index in [0.29, 0.717) is 24.1 Å². The van der Waals surface area contributed by atoms with Crippen LogP contribution in [0.1, 0.15) is 66.2 Å². The second-order valence-electron chi connectivity index (χ2n) is 8.01. The second kappa shape index (κ2) is 7.44. The summed E-state index contributed by atoms with van der Waals surface area (Å²) in [6.07, 6.45) is 0.763. The van der Waals surface area contributed by atoms with E-state index < -0.39 is 12.1 Å². The largest absolute Gasteiger partial charge is 0.477 e. The summed E-state index contributed by atoms with van der Waals surface area (Å²) >= 11 is 1.08. The lowest BCUT2D eigenvalue weighted by Gasteiger charge is -2.27. The number of amides is 1. The Kier molecular flexibility index (Phi) is 5.40. The van der Waals surface area contributed by atoms with Crippen molar-refractivity contribution in [3.8, 4) is 0 Å². The molecule has 1 fully saturated rings. The number of rotatable bonds is 5. The van der Waals surface area contributed by atoms with Gasteiger partial charge in [0.05, 0.1) is 6.10 Å². The van der Waals surface area contributed by atoms with Crippen molar-refractivity contribution in [3.05, 3.63) is 51.7 Å².